The molecule has 6 heterocycles. The van der Waals surface area contributed by atoms with Crippen LogP contribution in [-0.2, 0) is 31.6 Å². The molecule has 0 bridgehead atoms. The second-order valence-electron chi connectivity index (χ2n) is 17.6. The van der Waals surface area contributed by atoms with E-state index in [0.717, 1.165) is 16.4 Å². The number of fused-ring (bicyclic) bond motifs is 2. The molecule has 0 radical (unpaired) electrons. The van der Waals surface area contributed by atoms with Gasteiger partial charge in [0.1, 0.15) is 23.2 Å². The number of anilines is 3. The fraction of sp³-hybridized carbons (Fsp3) is 0.444. The van der Waals surface area contributed by atoms with Crippen molar-refractivity contribution in [1.82, 2.24) is 33.9 Å². The molecule has 4 fully saturated rings. The fourth-order valence-electron chi connectivity index (χ4n) is 9.29. The number of nitrogens with zero attached hydrogens (tertiary/aromatic N) is 9. The van der Waals surface area contributed by atoms with Crippen LogP contribution < -0.4 is 30.1 Å². The van der Waals surface area contributed by atoms with Crippen molar-refractivity contribution in [3.63, 3.8) is 0 Å². The van der Waals surface area contributed by atoms with E-state index in [4.69, 9.17) is 13.6 Å². The third-order valence-electron chi connectivity index (χ3n) is 13.4. The van der Waals surface area contributed by atoms with Crippen LogP contribution in [0, 0.1) is 23.0 Å². The van der Waals surface area contributed by atoms with E-state index in [1.54, 1.807) is 35.9 Å². The first-order chi connectivity index (χ1) is 33.7. The number of aryl methyl sites for hydroxylation is 1. The number of amides is 4. The Bertz CT molecular complexity index is 3260. The molecule has 0 unspecified atom stereocenters. The Morgan fingerprint density at radius 1 is 1.10 bits per heavy atom. The lowest BCUT2D eigenvalue weighted by atomic mass is 9.85. The number of hydrogen-bond donors (Lipinski definition) is 3. The van der Waals surface area contributed by atoms with Crippen molar-refractivity contribution in [2.24, 2.45) is 7.05 Å². The summed E-state index contributed by atoms with van der Waals surface area (Å²) in [6, 6.07) is 3.21. The predicted octanol–water partition coefficient (Wildman–Crippen LogP) is 4.02. The summed E-state index contributed by atoms with van der Waals surface area (Å²) in [4.78, 5) is 61.2. The lowest BCUT2D eigenvalue weighted by Crippen LogP contribution is -2.51. The second-order valence-corrected chi connectivity index (χ2v) is 19.3. The number of nitriles is 1. The fourth-order valence-corrected chi connectivity index (χ4v) is 10.2. The average molecular weight is 961 g/mol. The Labute approximate surface area is 393 Å². The minimum Gasteiger partial charge on any atom is -0.453 e. The molecule has 1 spiro atoms. The smallest absolute Gasteiger partial charge is 0.329 e. The minimum atomic E-state index is -4.18. The highest BCUT2D eigenvalue weighted by Crippen LogP contribution is 2.42. The van der Waals surface area contributed by atoms with Gasteiger partial charge in [-0.05, 0) is 74.5 Å². The van der Waals surface area contributed by atoms with Gasteiger partial charge in [-0.2, -0.15) is 23.1 Å². The molecule has 4 aliphatic heterocycles. The molecule has 4 saturated heterocycles. The van der Waals surface area contributed by atoms with Gasteiger partial charge in [0, 0.05) is 65.2 Å². The summed E-state index contributed by atoms with van der Waals surface area (Å²) in [7, 11) is -1.22. The van der Waals surface area contributed by atoms with Crippen LogP contribution in [0.4, 0.5) is 30.8 Å². The third kappa shape index (κ3) is 8.68. The van der Waals surface area contributed by atoms with Crippen molar-refractivity contribution >= 4 is 67.1 Å². The second kappa shape index (κ2) is 17.7. The van der Waals surface area contributed by atoms with Gasteiger partial charge in [-0.15, -0.1) is 0 Å². The van der Waals surface area contributed by atoms with Crippen molar-refractivity contribution in [1.29, 1.82) is 5.26 Å². The Balaban J connectivity index is 0.846. The molecule has 1 atom stereocenters. The lowest BCUT2D eigenvalue weighted by Gasteiger charge is -2.42. The number of hydrogen-bond acceptors (Lipinski definition) is 13. The monoisotopic (exact) mass is 960 g/mol. The highest BCUT2D eigenvalue weighted by Gasteiger charge is 2.45. The van der Waals surface area contributed by atoms with E-state index in [0.29, 0.717) is 43.3 Å². The van der Waals surface area contributed by atoms with Crippen LogP contribution in [0.25, 0.3) is 21.8 Å². The lowest BCUT2D eigenvalue weighted by molar-refractivity contribution is -0.142. The van der Waals surface area contributed by atoms with Crippen LogP contribution in [0.3, 0.4) is 0 Å². The van der Waals surface area contributed by atoms with Gasteiger partial charge >= 0.3 is 16.2 Å². The molecule has 358 valence electrons. The molecule has 68 heavy (non-hydrogen) atoms. The Hall–Kier alpha value is -6.74. The van der Waals surface area contributed by atoms with E-state index >= 15 is 8.78 Å². The van der Waals surface area contributed by atoms with Crippen molar-refractivity contribution in [2.45, 2.75) is 69.1 Å². The number of urea groups is 1. The molecule has 4 amide bonds. The van der Waals surface area contributed by atoms with Gasteiger partial charge in [-0.3, -0.25) is 38.6 Å². The molecule has 3 aromatic carbocycles. The summed E-state index contributed by atoms with van der Waals surface area (Å²) in [5, 5.41) is 28.3. The van der Waals surface area contributed by atoms with Crippen molar-refractivity contribution in [3.05, 3.63) is 76.3 Å². The van der Waals surface area contributed by atoms with Crippen molar-refractivity contribution in [2.75, 3.05) is 67.4 Å². The molecule has 23 heteroatoms. The number of rotatable bonds is 11. The van der Waals surface area contributed by atoms with Gasteiger partial charge in [0.25, 0.3) is 5.56 Å². The van der Waals surface area contributed by atoms with E-state index in [2.05, 4.69) is 20.1 Å². The van der Waals surface area contributed by atoms with Crippen LogP contribution in [0.15, 0.2) is 53.5 Å². The van der Waals surface area contributed by atoms with E-state index in [1.807, 2.05) is 0 Å². The standard InChI is InChI=1S/C45H49F2N11O9S/c1-4-53(2)68(64,65)52-35-8-6-32(46)40(31(35)24-48)67-28-5-7-34-29(19-28)42(61)58(26-49-34)27-22-45(66-25-27)12-17-56(18-13-45)39(60)23-44(63)10-15-55(16-11-44)37-21-36-30(20-33(37)47)41(51-54(36)3)57-14-9-38(59)50-43(57)62/h5-8,19-21,26-27,52,63H,4,9-18,22-23,25H2,1-3H3,(H,50,59,62)/t27-/m1/s1/i5D,7D,19D. The van der Waals surface area contributed by atoms with E-state index < -0.39 is 97.2 Å². The highest BCUT2D eigenvalue weighted by atomic mass is 32.2. The summed E-state index contributed by atoms with van der Waals surface area (Å²) >= 11 is 0. The molecule has 2 aromatic heterocycles. The zero-order chi connectivity index (χ0) is 50.9. The van der Waals surface area contributed by atoms with Gasteiger partial charge in [-0.25, -0.2) is 18.6 Å². The summed E-state index contributed by atoms with van der Waals surface area (Å²) in [6.45, 7) is 2.95. The number of likely N-dealkylation sites (tertiary alicyclic amines) is 1. The molecule has 5 aromatic rings. The quantitative estimate of drug-likeness (QED) is 0.170. The number of carbonyl (C=O) groups excluding carboxylic acids is 3. The Morgan fingerprint density at radius 3 is 2.56 bits per heavy atom. The molecule has 3 N–H and O–H groups in total. The number of nitrogens with one attached hydrogen (secondary N) is 2. The maximum absolute atomic E-state index is 15.8. The van der Waals surface area contributed by atoms with E-state index in [-0.39, 0.29) is 87.1 Å². The largest absolute Gasteiger partial charge is 0.453 e. The van der Waals surface area contributed by atoms with Crippen molar-refractivity contribution < 1.29 is 50.3 Å². The number of halogens is 2. The number of piperidine rings is 2. The Kier molecular flexibility index (Phi) is 11.1. The summed E-state index contributed by atoms with van der Waals surface area (Å²) < 4.78 is 101. The van der Waals surface area contributed by atoms with Gasteiger partial charge in [0.05, 0.1) is 68.5 Å². The number of imide groups is 1. The van der Waals surface area contributed by atoms with Crippen LogP contribution in [0.1, 0.15) is 67.6 Å². The number of aliphatic hydroxyl groups is 1. The molecule has 0 saturated carbocycles. The van der Waals surface area contributed by atoms with Crippen LogP contribution in [0.5, 0.6) is 11.5 Å². The molecule has 4 aliphatic rings. The highest BCUT2D eigenvalue weighted by molar-refractivity contribution is 7.90. The first kappa shape index (κ1) is 42.6. The average Bonchev–Trinajstić information content (AvgIpc) is 3.89. The normalized spacial score (nSPS) is 20.1. The summed E-state index contributed by atoms with van der Waals surface area (Å²) in [5.74, 6) is -3.67. The van der Waals surface area contributed by atoms with Gasteiger partial charge < -0.3 is 24.4 Å². The number of benzene rings is 3. The molecular weight excluding hydrogens is 909 g/mol. The van der Waals surface area contributed by atoms with E-state index in [1.165, 1.54) is 33.6 Å². The van der Waals surface area contributed by atoms with Gasteiger partial charge in [-0.1, -0.05) is 6.92 Å². The SMILES string of the molecule is [2H]c1c(Oc2c(F)ccc(NS(=O)(=O)N(C)CC)c2C#N)c([2H])c2c(=O)n([C@H]3COC4(CCN(C(=O)CC5(O)CCN(c6cc7c(cc6F)c(N6CCC(=O)NC6=O)nn7C)CC5)CC4)C3)cnc2c1[2H]. The summed E-state index contributed by atoms with van der Waals surface area (Å²) in [5.41, 5.74) is -3.23. The number of carbonyl (C=O) groups is 3. The van der Waals surface area contributed by atoms with E-state index in [9.17, 15) is 38.0 Å². The number of aromatic nitrogens is 4. The van der Waals surface area contributed by atoms with Crippen LogP contribution >= 0.6 is 0 Å². The van der Waals surface area contributed by atoms with Crippen LogP contribution in [-0.4, -0.2) is 124 Å². The topological polar surface area (TPSA) is 238 Å². The zero-order valence-corrected chi connectivity index (χ0v) is 38.1. The van der Waals surface area contributed by atoms with Crippen LogP contribution in [0.2, 0.25) is 0 Å². The molecular formula is C45H49F2N11O9S. The number of ether oxygens (including phenoxy) is 2. The van der Waals surface area contributed by atoms with Gasteiger partial charge in [0.15, 0.2) is 17.4 Å². The van der Waals surface area contributed by atoms with Crippen molar-refractivity contribution in [3.8, 4) is 17.6 Å². The maximum Gasteiger partial charge on any atom is 0.329 e. The zero-order valence-electron chi connectivity index (χ0n) is 40.3. The minimum absolute atomic E-state index is 0.0674. The predicted molar refractivity (Wildman–Crippen MR) is 243 cm³/mol. The maximum atomic E-state index is 15.8. The first-order valence-corrected chi connectivity index (χ1v) is 23.4. The Morgan fingerprint density at radius 2 is 1.85 bits per heavy atom. The van der Waals surface area contributed by atoms with Gasteiger partial charge in [0.2, 0.25) is 11.8 Å². The summed E-state index contributed by atoms with van der Waals surface area (Å²) in [6.07, 6.45) is 2.67. The first-order valence-electron chi connectivity index (χ1n) is 23.5. The molecule has 9 rings (SSSR count). The third-order valence-corrected chi connectivity index (χ3v) is 14.9. The molecule has 20 nitrogen and oxygen atoms in total. The molecule has 0 aliphatic carbocycles.